The summed E-state index contributed by atoms with van der Waals surface area (Å²) in [4.78, 5) is 0. The highest BCUT2D eigenvalue weighted by molar-refractivity contribution is 6.20. The third-order valence-corrected chi connectivity index (χ3v) is 10.8. The Morgan fingerprint density at radius 3 is 2.68 bits per heavy atom. The van der Waals surface area contributed by atoms with Crippen LogP contribution in [0, 0.1) is 35.0 Å². The first kappa shape index (κ1) is 21.3. The lowest BCUT2D eigenvalue weighted by molar-refractivity contribution is -0.00303. The zero-order valence-electron chi connectivity index (χ0n) is 20.1. The predicted molar refractivity (Wildman–Crippen MR) is 139 cm³/mol. The van der Waals surface area contributed by atoms with E-state index in [9.17, 15) is 0 Å². The molecule has 0 aromatic heterocycles. The van der Waals surface area contributed by atoms with Crippen molar-refractivity contribution in [1.29, 1.82) is 0 Å². The maximum atomic E-state index is 7.06. The van der Waals surface area contributed by atoms with E-state index in [1.807, 2.05) is 0 Å². The van der Waals surface area contributed by atoms with Crippen molar-refractivity contribution in [1.82, 2.24) is 0 Å². The van der Waals surface area contributed by atoms with Crippen molar-refractivity contribution in [2.45, 2.75) is 62.3 Å². The zero-order valence-corrected chi connectivity index (χ0v) is 20.8. The van der Waals surface area contributed by atoms with Crippen LogP contribution in [0.5, 0.6) is 0 Å². The van der Waals surface area contributed by atoms with Crippen LogP contribution in [-0.4, -0.2) is 11.5 Å². The minimum absolute atomic E-state index is 0.00514. The van der Waals surface area contributed by atoms with E-state index in [0.717, 1.165) is 32.1 Å². The quantitative estimate of drug-likeness (QED) is 0.315. The minimum Gasteiger partial charge on any atom is -0.493 e. The number of hydrogen-bond acceptors (Lipinski definition) is 1. The van der Waals surface area contributed by atoms with E-state index in [1.54, 1.807) is 0 Å². The molecule has 9 atom stereocenters. The van der Waals surface area contributed by atoms with Gasteiger partial charge in [-0.25, -0.2) is 0 Å². The number of halogens is 1. The van der Waals surface area contributed by atoms with Crippen molar-refractivity contribution < 1.29 is 4.74 Å². The van der Waals surface area contributed by atoms with Gasteiger partial charge < -0.3 is 4.74 Å². The van der Waals surface area contributed by atoms with Gasteiger partial charge in [-0.3, -0.25) is 0 Å². The van der Waals surface area contributed by atoms with E-state index in [4.69, 9.17) is 16.3 Å². The molecular weight excluding hydrogens is 436 g/mol. The van der Waals surface area contributed by atoms with Crippen molar-refractivity contribution in [2.24, 2.45) is 35.0 Å². The Labute approximate surface area is 209 Å². The smallest absolute Gasteiger partial charge is 0.107 e. The van der Waals surface area contributed by atoms with Crippen LogP contribution in [-0.2, 0) is 10.2 Å². The van der Waals surface area contributed by atoms with Gasteiger partial charge in [0.25, 0.3) is 0 Å². The fraction of sp³-hybridized carbons (Fsp3) is 0.500. The monoisotopic (exact) mass is 470 g/mol. The van der Waals surface area contributed by atoms with E-state index in [0.29, 0.717) is 29.6 Å². The van der Waals surface area contributed by atoms with E-state index < -0.39 is 0 Å². The van der Waals surface area contributed by atoms with Crippen LogP contribution in [0.4, 0.5) is 0 Å². The Balaban J connectivity index is 1.46. The Hall–Kier alpha value is -1.99. The third kappa shape index (κ3) is 2.68. The van der Waals surface area contributed by atoms with Gasteiger partial charge in [0, 0.05) is 28.5 Å². The molecule has 6 unspecified atom stereocenters. The average molecular weight is 471 g/mol. The molecule has 176 valence electrons. The maximum absolute atomic E-state index is 7.06. The van der Waals surface area contributed by atoms with Crippen molar-refractivity contribution in [3.05, 3.63) is 95.8 Å². The SMILES string of the molecule is C[C@@]1([C@]2(c3ccccc3)C3C=CC=CC3C3CC=CC[C@H]32)CC=CC2=C1OC1CC(Cl)CCC21. The fourth-order valence-electron chi connectivity index (χ4n) is 9.21. The molecular formula is C32H35ClO. The molecule has 34 heavy (non-hydrogen) atoms. The third-order valence-electron chi connectivity index (χ3n) is 10.4. The summed E-state index contributed by atoms with van der Waals surface area (Å²) in [7, 11) is 0. The van der Waals surface area contributed by atoms with E-state index >= 15 is 0 Å². The van der Waals surface area contributed by atoms with Gasteiger partial charge in [-0.1, -0.05) is 85.9 Å². The van der Waals surface area contributed by atoms with Gasteiger partial charge in [0.2, 0.25) is 0 Å². The fourth-order valence-corrected chi connectivity index (χ4v) is 9.51. The molecule has 1 aromatic carbocycles. The first-order valence-corrected chi connectivity index (χ1v) is 13.9. The molecule has 0 N–H and O–H groups in total. The first-order valence-electron chi connectivity index (χ1n) is 13.4. The van der Waals surface area contributed by atoms with Gasteiger partial charge in [0.15, 0.2) is 0 Å². The van der Waals surface area contributed by atoms with Crippen molar-refractivity contribution in [3.63, 3.8) is 0 Å². The Bertz CT molecular complexity index is 1120. The normalized spacial score (nSPS) is 46.0. The second kappa shape index (κ2) is 7.76. The standard InChI is InChI=1S/C32H35ClO/c1-31(19-9-14-26-25-18-17-22(33)20-29(25)34-30(26)31)32(21-10-3-2-4-11-21)27-15-7-5-12-23(27)24-13-6-8-16-28(24)32/h2-12,14-15,22-25,27-29H,13,16-20H2,1H3/t22?,23?,24?,25?,27?,28-,29?,31-,32-/m1/s1. The van der Waals surface area contributed by atoms with Gasteiger partial charge in [0.1, 0.15) is 11.9 Å². The maximum Gasteiger partial charge on any atom is 0.107 e. The molecule has 0 radical (unpaired) electrons. The second-order valence-corrected chi connectivity index (χ2v) is 12.3. The van der Waals surface area contributed by atoms with Crippen LogP contribution in [0.25, 0.3) is 0 Å². The molecule has 1 aromatic rings. The molecule has 1 nitrogen and oxygen atoms in total. The summed E-state index contributed by atoms with van der Waals surface area (Å²) < 4.78 is 7.06. The highest BCUT2D eigenvalue weighted by Gasteiger charge is 2.68. The van der Waals surface area contributed by atoms with Crippen LogP contribution in [0.2, 0.25) is 0 Å². The summed E-state index contributed by atoms with van der Waals surface area (Å²) in [6, 6.07) is 11.5. The summed E-state index contributed by atoms with van der Waals surface area (Å²) >= 11 is 6.64. The molecule has 0 spiro atoms. The number of rotatable bonds is 2. The molecule has 0 bridgehead atoms. The van der Waals surface area contributed by atoms with E-state index in [1.165, 1.54) is 23.3 Å². The molecule has 6 aliphatic rings. The molecule has 7 rings (SSSR count). The van der Waals surface area contributed by atoms with Crippen LogP contribution in [0.15, 0.2) is 90.3 Å². The number of benzene rings is 1. The lowest BCUT2D eigenvalue weighted by atomic mass is 9.48. The zero-order chi connectivity index (χ0) is 22.9. The second-order valence-electron chi connectivity index (χ2n) is 11.7. The lowest BCUT2D eigenvalue weighted by Crippen LogP contribution is -2.53. The number of allylic oxidation sites excluding steroid dienone is 9. The van der Waals surface area contributed by atoms with E-state index in [-0.39, 0.29) is 22.3 Å². The summed E-state index contributed by atoms with van der Waals surface area (Å²) in [6.45, 7) is 2.55. The molecule has 2 heteroatoms. The highest BCUT2D eigenvalue weighted by atomic mass is 35.5. The summed E-state index contributed by atoms with van der Waals surface area (Å²) in [6.07, 6.45) is 26.4. The molecule has 1 heterocycles. The van der Waals surface area contributed by atoms with Crippen molar-refractivity contribution in [3.8, 4) is 0 Å². The van der Waals surface area contributed by atoms with Crippen molar-refractivity contribution >= 4 is 11.6 Å². The van der Waals surface area contributed by atoms with Gasteiger partial charge in [0.05, 0.1) is 0 Å². The topological polar surface area (TPSA) is 9.23 Å². The van der Waals surface area contributed by atoms with Crippen molar-refractivity contribution in [2.75, 3.05) is 0 Å². The minimum atomic E-state index is -0.0827. The van der Waals surface area contributed by atoms with Crippen LogP contribution >= 0.6 is 11.6 Å². The molecule has 2 saturated carbocycles. The summed E-state index contributed by atoms with van der Waals surface area (Å²) in [5.41, 5.74) is 2.90. The lowest BCUT2D eigenvalue weighted by Gasteiger charge is -2.55. The Morgan fingerprint density at radius 1 is 0.971 bits per heavy atom. The molecule has 1 aliphatic heterocycles. The largest absolute Gasteiger partial charge is 0.493 e. The molecule has 5 aliphatic carbocycles. The predicted octanol–water partition coefficient (Wildman–Crippen LogP) is 7.91. The molecule has 0 amide bonds. The van der Waals surface area contributed by atoms with Crippen LogP contribution in [0.1, 0.15) is 51.0 Å². The number of fused-ring (bicyclic) bond motifs is 5. The van der Waals surface area contributed by atoms with Gasteiger partial charge >= 0.3 is 0 Å². The summed E-state index contributed by atoms with van der Waals surface area (Å²) in [5, 5.41) is 0.246. The van der Waals surface area contributed by atoms with Gasteiger partial charge in [-0.05, 0) is 66.9 Å². The molecule has 0 saturated heterocycles. The van der Waals surface area contributed by atoms with Crippen LogP contribution < -0.4 is 0 Å². The van der Waals surface area contributed by atoms with E-state index in [2.05, 4.69) is 85.9 Å². The Kier molecular flexibility index (Phi) is 4.86. The van der Waals surface area contributed by atoms with Crippen LogP contribution in [0.3, 0.4) is 0 Å². The number of alkyl halides is 1. The first-order chi connectivity index (χ1) is 16.6. The Morgan fingerprint density at radius 2 is 1.79 bits per heavy atom. The highest BCUT2D eigenvalue weighted by Crippen LogP contribution is 2.71. The van der Waals surface area contributed by atoms with Gasteiger partial charge in [-0.15, -0.1) is 11.6 Å². The average Bonchev–Trinajstić information content (AvgIpc) is 3.39. The molecule has 2 fully saturated rings. The summed E-state index contributed by atoms with van der Waals surface area (Å²) in [5.74, 6) is 4.15. The number of hydrogen-bond donors (Lipinski definition) is 0. The number of ether oxygens (including phenoxy) is 1. The van der Waals surface area contributed by atoms with Gasteiger partial charge in [-0.2, -0.15) is 0 Å².